The van der Waals surface area contributed by atoms with E-state index >= 15 is 0 Å². The lowest BCUT2D eigenvalue weighted by Gasteiger charge is -2.18. The molecular formula is C17H22N4OS. The largest absolute Gasteiger partial charge is 0.369 e. The van der Waals surface area contributed by atoms with Crippen LogP contribution in [0.4, 0.5) is 5.82 Å². The molecule has 23 heavy (non-hydrogen) atoms. The molecule has 1 aromatic carbocycles. The van der Waals surface area contributed by atoms with Crippen LogP contribution in [-0.4, -0.2) is 35.9 Å². The van der Waals surface area contributed by atoms with Crippen LogP contribution < -0.4 is 5.32 Å². The van der Waals surface area contributed by atoms with Gasteiger partial charge in [-0.15, -0.1) is 0 Å². The Morgan fingerprint density at radius 1 is 1.26 bits per heavy atom. The number of para-hydroxylation sites is 1. The zero-order valence-electron chi connectivity index (χ0n) is 14.0. The molecule has 1 N–H and O–H groups in total. The van der Waals surface area contributed by atoms with Gasteiger partial charge >= 0.3 is 0 Å². The minimum Gasteiger partial charge on any atom is -0.369 e. The number of hydrogen-bond donors (Lipinski definition) is 1. The Bertz CT molecular complexity index is 879. The Labute approximate surface area is 138 Å². The molecule has 0 aliphatic carbocycles. The van der Waals surface area contributed by atoms with Gasteiger partial charge in [-0.1, -0.05) is 12.1 Å². The molecule has 0 saturated heterocycles. The standard InChI is InChI=1S/C17H22N4OS/c1-12-11-15-19-16(18-9-10-23(22)17(2,3)4)13-7-5-6-8-14(13)21(15)20-12/h5-8,11H,9-10H2,1-4H3,(H,18,19)/t23-/m0/s1. The molecule has 122 valence electrons. The Morgan fingerprint density at radius 2 is 2.00 bits per heavy atom. The van der Waals surface area contributed by atoms with Crippen LogP contribution in [0, 0.1) is 6.92 Å². The second kappa shape index (κ2) is 5.92. The number of nitrogens with zero attached hydrogens (tertiary/aromatic N) is 3. The Balaban J connectivity index is 1.92. The molecule has 3 aromatic rings. The molecule has 2 heterocycles. The van der Waals surface area contributed by atoms with Crippen molar-refractivity contribution in [2.24, 2.45) is 0 Å². The van der Waals surface area contributed by atoms with Crippen LogP contribution in [0.15, 0.2) is 30.3 Å². The third-order valence-corrected chi connectivity index (χ3v) is 5.63. The first-order valence-electron chi connectivity index (χ1n) is 7.74. The van der Waals surface area contributed by atoms with Crippen molar-refractivity contribution in [2.45, 2.75) is 32.4 Å². The van der Waals surface area contributed by atoms with Crippen LogP contribution in [0.25, 0.3) is 16.6 Å². The van der Waals surface area contributed by atoms with Crippen LogP contribution >= 0.6 is 0 Å². The van der Waals surface area contributed by atoms with E-state index in [2.05, 4.69) is 15.4 Å². The summed E-state index contributed by atoms with van der Waals surface area (Å²) in [5, 5.41) is 8.87. The van der Waals surface area contributed by atoms with Crippen LogP contribution in [0.3, 0.4) is 0 Å². The Hall–Kier alpha value is -1.95. The van der Waals surface area contributed by atoms with E-state index < -0.39 is 10.8 Å². The van der Waals surface area contributed by atoms with Crippen molar-refractivity contribution < 1.29 is 4.21 Å². The summed E-state index contributed by atoms with van der Waals surface area (Å²) in [5.74, 6) is 1.42. The molecule has 0 aliphatic rings. The first-order valence-corrected chi connectivity index (χ1v) is 9.05. The maximum Gasteiger partial charge on any atom is 0.158 e. The number of benzene rings is 1. The topological polar surface area (TPSA) is 59.3 Å². The third kappa shape index (κ3) is 3.22. The average molecular weight is 330 g/mol. The summed E-state index contributed by atoms with van der Waals surface area (Å²) in [6, 6.07) is 10.0. The van der Waals surface area contributed by atoms with Gasteiger partial charge in [0.05, 0.1) is 11.2 Å². The maximum absolute atomic E-state index is 12.2. The van der Waals surface area contributed by atoms with Crippen molar-refractivity contribution in [2.75, 3.05) is 17.6 Å². The van der Waals surface area contributed by atoms with Crippen molar-refractivity contribution in [3.8, 4) is 0 Å². The van der Waals surface area contributed by atoms with Gasteiger partial charge < -0.3 is 5.32 Å². The molecular weight excluding hydrogens is 308 g/mol. The summed E-state index contributed by atoms with van der Waals surface area (Å²) in [4.78, 5) is 4.67. The van der Waals surface area contributed by atoms with Gasteiger partial charge in [0.25, 0.3) is 0 Å². The van der Waals surface area contributed by atoms with Crippen molar-refractivity contribution in [1.29, 1.82) is 0 Å². The minimum atomic E-state index is -0.876. The van der Waals surface area contributed by atoms with Crippen LogP contribution in [-0.2, 0) is 10.8 Å². The molecule has 0 saturated carbocycles. The zero-order valence-corrected chi connectivity index (χ0v) is 14.8. The van der Waals surface area contributed by atoms with E-state index in [0.717, 1.165) is 28.1 Å². The fourth-order valence-corrected chi connectivity index (χ4v) is 3.38. The average Bonchev–Trinajstić information content (AvgIpc) is 2.86. The van der Waals surface area contributed by atoms with Gasteiger partial charge in [-0.3, -0.25) is 4.21 Å². The SMILES string of the molecule is Cc1cc2nc(NCC[S@](=O)C(C)(C)C)c3ccccc3n2n1. The molecule has 3 rings (SSSR count). The summed E-state index contributed by atoms with van der Waals surface area (Å²) in [5.41, 5.74) is 2.78. The molecule has 2 aromatic heterocycles. The van der Waals surface area contributed by atoms with E-state index in [-0.39, 0.29) is 4.75 Å². The highest BCUT2D eigenvalue weighted by Crippen LogP contribution is 2.23. The van der Waals surface area contributed by atoms with Gasteiger partial charge in [0.2, 0.25) is 0 Å². The fraction of sp³-hybridized carbons (Fsp3) is 0.412. The van der Waals surface area contributed by atoms with Gasteiger partial charge in [-0.2, -0.15) is 5.10 Å². The number of hydrogen-bond acceptors (Lipinski definition) is 4. The fourth-order valence-electron chi connectivity index (χ4n) is 2.48. The van der Waals surface area contributed by atoms with Crippen molar-refractivity contribution in [1.82, 2.24) is 14.6 Å². The van der Waals surface area contributed by atoms with E-state index in [1.807, 2.05) is 62.5 Å². The minimum absolute atomic E-state index is 0.191. The normalized spacial score (nSPS) is 13.6. The molecule has 0 amide bonds. The molecule has 6 heteroatoms. The lowest BCUT2D eigenvalue weighted by molar-refractivity contribution is 0.649. The van der Waals surface area contributed by atoms with Crippen molar-refractivity contribution >= 4 is 33.2 Å². The number of aromatic nitrogens is 3. The Kier molecular flexibility index (Phi) is 4.10. The zero-order chi connectivity index (χ0) is 16.6. The lowest BCUT2D eigenvalue weighted by Crippen LogP contribution is -2.27. The van der Waals surface area contributed by atoms with E-state index in [0.29, 0.717) is 12.3 Å². The quantitative estimate of drug-likeness (QED) is 0.798. The summed E-state index contributed by atoms with van der Waals surface area (Å²) >= 11 is 0. The molecule has 1 atom stereocenters. The second-order valence-electron chi connectivity index (χ2n) is 6.62. The summed E-state index contributed by atoms with van der Waals surface area (Å²) in [6.07, 6.45) is 0. The monoisotopic (exact) mass is 330 g/mol. The van der Waals surface area contributed by atoms with Crippen molar-refractivity contribution in [3.05, 3.63) is 36.0 Å². The summed E-state index contributed by atoms with van der Waals surface area (Å²) in [6.45, 7) is 8.58. The van der Waals surface area contributed by atoms with Gasteiger partial charge in [0.15, 0.2) is 5.65 Å². The van der Waals surface area contributed by atoms with Gasteiger partial charge in [0.1, 0.15) is 5.82 Å². The molecule has 5 nitrogen and oxygen atoms in total. The highest BCUT2D eigenvalue weighted by molar-refractivity contribution is 7.86. The first kappa shape index (κ1) is 15.9. The number of aryl methyl sites for hydroxylation is 1. The van der Waals surface area contributed by atoms with Crippen molar-refractivity contribution in [3.63, 3.8) is 0 Å². The predicted octanol–water partition coefficient (Wildman–Crippen LogP) is 3.15. The summed E-state index contributed by atoms with van der Waals surface area (Å²) < 4.78 is 13.8. The summed E-state index contributed by atoms with van der Waals surface area (Å²) in [7, 11) is -0.876. The molecule has 0 bridgehead atoms. The number of nitrogens with one attached hydrogen (secondary N) is 1. The highest BCUT2D eigenvalue weighted by atomic mass is 32.2. The molecule has 0 unspecified atom stereocenters. The van der Waals surface area contributed by atoms with E-state index in [9.17, 15) is 4.21 Å². The predicted molar refractivity (Wildman–Crippen MR) is 96.5 cm³/mol. The molecule has 0 fully saturated rings. The van der Waals surface area contributed by atoms with Crippen LogP contribution in [0.5, 0.6) is 0 Å². The number of fused-ring (bicyclic) bond motifs is 3. The maximum atomic E-state index is 12.2. The molecule has 0 radical (unpaired) electrons. The first-order chi connectivity index (χ1) is 10.9. The van der Waals surface area contributed by atoms with Crippen LogP contribution in [0.1, 0.15) is 26.5 Å². The van der Waals surface area contributed by atoms with E-state index in [4.69, 9.17) is 0 Å². The van der Waals surface area contributed by atoms with E-state index in [1.165, 1.54) is 0 Å². The second-order valence-corrected chi connectivity index (χ2v) is 8.95. The van der Waals surface area contributed by atoms with E-state index in [1.54, 1.807) is 0 Å². The molecule has 0 aliphatic heterocycles. The van der Waals surface area contributed by atoms with Crippen LogP contribution in [0.2, 0.25) is 0 Å². The lowest BCUT2D eigenvalue weighted by atomic mass is 10.2. The number of anilines is 1. The number of rotatable bonds is 4. The molecule has 0 spiro atoms. The Morgan fingerprint density at radius 3 is 2.74 bits per heavy atom. The van der Waals surface area contributed by atoms with Gasteiger partial charge in [-0.05, 0) is 39.8 Å². The van der Waals surface area contributed by atoms with Gasteiger partial charge in [-0.25, -0.2) is 9.50 Å². The highest BCUT2D eigenvalue weighted by Gasteiger charge is 2.19. The van der Waals surface area contributed by atoms with Gasteiger partial charge in [0, 0.05) is 39.3 Å². The smallest absolute Gasteiger partial charge is 0.158 e. The third-order valence-electron chi connectivity index (χ3n) is 3.69.